The molecule has 1 saturated carbocycles. The molecule has 152 valence electrons. The quantitative estimate of drug-likeness (QED) is 0.759. The number of carbonyl (C=O) groups excluding carboxylic acids is 2. The van der Waals surface area contributed by atoms with E-state index in [1.807, 2.05) is 4.90 Å². The van der Waals surface area contributed by atoms with Crippen molar-refractivity contribution in [3.05, 3.63) is 34.9 Å². The van der Waals surface area contributed by atoms with Crippen LogP contribution in [0.4, 0.5) is 0 Å². The van der Waals surface area contributed by atoms with Crippen LogP contribution in [0.15, 0.2) is 24.3 Å². The first kappa shape index (κ1) is 19.7. The van der Waals surface area contributed by atoms with Crippen molar-refractivity contribution in [3.8, 4) is 0 Å². The van der Waals surface area contributed by atoms with Gasteiger partial charge in [-0.05, 0) is 50.9 Å². The van der Waals surface area contributed by atoms with Crippen molar-refractivity contribution >= 4 is 23.4 Å². The number of hydrogen-bond donors (Lipinski definition) is 0. The fourth-order valence-electron chi connectivity index (χ4n) is 4.66. The fourth-order valence-corrected chi connectivity index (χ4v) is 4.85. The third-order valence-corrected chi connectivity index (χ3v) is 6.52. The van der Waals surface area contributed by atoms with Crippen LogP contribution < -0.4 is 0 Å². The van der Waals surface area contributed by atoms with E-state index in [0.717, 1.165) is 45.2 Å². The first-order valence-electron chi connectivity index (χ1n) is 10.2. The zero-order valence-electron chi connectivity index (χ0n) is 16.4. The number of halogens is 1. The predicted molar refractivity (Wildman–Crippen MR) is 107 cm³/mol. The molecule has 3 aliphatic rings. The highest BCUT2D eigenvalue weighted by Gasteiger charge is 2.53. The Morgan fingerprint density at radius 1 is 1.11 bits per heavy atom. The Bertz CT molecular complexity index is 742. The number of hydrogen-bond acceptors (Lipinski definition) is 4. The molecule has 28 heavy (non-hydrogen) atoms. The van der Waals surface area contributed by atoms with Gasteiger partial charge in [-0.1, -0.05) is 24.1 Å². The molecular formula is C21H28ClN3O3. The third kappa shape index (κ3) is 3.65. The number of carbonyl (C=O) groups is 2. The molecule has 6 nitrogen and oxygen atoms in total. The Morgan fingerprint density at radius 2 is 1.82 bits per heavy atom. The molecule has 2 aliphatic heterocycles. The Balaban J connectivity index is 1.63. The van der Waals surface area contributed by atoms with Crippen LogP contribution in [-0.4, -0.2) is 78.1 Å². The van der Waals surface area contributed by atoms with E-state index in [-0.39, 0.29) is 18.4 Å². The summed E-state index contributed by atoms with van der Waals surface area (Å²) < 4.78 is 6.23. The second-order valence-electron chi connectivity index (χ2n) is 8.15. The topological polar surface area (TPSA) is 53.1 Å². The van der Waals surface area contributed by atoms with Gasteiger partial charge in [-0.2, -0.15) is 0 Å². The summed E-state index contributed by atoms with van der Waals surface area (Å²) in [5.74, 6) is -0.152. The van der Waals surface area contributed by atoms with Crippen LogP contribution in [0, 0.1) is 0 Å². The van der Waals surface area contributed by atoms with E-state index in [1.165, 1.54) is 0 Å². The maximum Gasteiger partial charge on any atom is 0.256 e. The zero-order chi connectivity index (χ0) is 19.7. The van der Waals surface area contributed by atoms with Crippen molar-refractivity contribution in [3.63, 3.8) is 0 Å². The number of benzene rings is 1. The highest BCUT2D eigenvalue weighted by molar-refractivity contribution is 6.31. The highest BCUT2D eigenvalue weighted by atomic mass is 35.5. The SMILES string of the molecule is CN1CCN(C(=O)[C@H]2COC3(CCCCC3)N2C(=O)c2cccc(Cl)c2)CC1. The number of rotatable bonds is 2. The summed E-state index contributed by atoms with van der Waals surface area (Å²) in [6.07, 6.45) is 4.72. The van der Waals surface area contributed by atoms with Crippen LogP contribution in [0.5, 0.6) is 0 Å². The molecule has 0 bridgehead atoms. The molecular weight excluding hydrogens is 378 g/mol. The average molecular weight is 406 g/mol. The molecule has 1 atom stereocenters. The van der Waals surface area contributed by atoms with Crippen molar-refractivity contribution in [2.45, 2.75) is 43.9 Å². The van der Waals surface area contributed by atoms with Gasteiger partial charge >= 0.3 is 0 Å². The minimum absolute atomic E-state index is 0.00549. The van der Waals surface area contributed by atoms with Crippen LogP contribution in [0.2, 0.25) is 5.02 Å². The van der Waals surface area contributed by atoms with Gasteiger partial charge in [0.15, 0.2) is 0 Å². The van der Waals surface area contributed by atoms with Crippen molar-refractivity contribution < 1.29 is 14.3 Å². The van der Waals surface area contributed by atoms with Gasteiger partial charge in [0.2, 0.25) is 5.91 Å². The first-order valence-corrected chi connectivity index (χ1v) is 10.6. The molecule has 0 radical (unpaired) electrons. The number of piperazine rings is 1. The lowest BCUT2D eigenvalue weighted by atomic mass is 9.89. The molecule has 0 unspecified atom stereocenters. The second kappa shape index (κ2) is 8.01. The molecule has 4 rings (SSSR count). The predicted octanol–water partition coefficient (Wildman–Crippen LogP) is 2.62. The first-order chi connectivity index (χ1) is 13.5. The molecule has 2 saturated heterocycles. The number of ether oxygens (including phenoxy) is 1. The van der Waals surface area contributed by atoms with Crippen LogP contribution in [0.25, 0.3) is 0 Å². The summed E-state index contributed by atoms with van der Waals surface area (Å²) in [6.45, 7) is 3.37. The summed E-state index contributed by atoms with van der Waals surface area (Å²) in [6, 6.07) is 6.41. The average Bonchev–Trinajstić information content (AvgIpc) is 3.06. The lowest BCUT2D eigenvalue weighted by Crippen LogP contribution is -2.58. The second-order valence-corrected chi connectivity index (χ2v) is 8.58. The maximum atomic E-state index is 13.5. The van der Waals surface area contributed by atoms with E-state index >= 15 is 0 Å². The molecule has 1 aromatic rings. The Labute approximate surface area is 171 Å². The van der Waals surface area contributed by atoms with E-state index in [0.29, 0.717) is 23.7 Å². The summed E-state index contributed by atoms with van der Waals surface area (Å²) in [4.78, 5) is 32.7. The normalized spacial score (nSPS) is 25.3. The highest BCUT2D eigenvalue weighted by Crippen LogP contribution is 2.41. The Kier molecular flexibility index (Phi) is 5.63. The minimum Gasteiger partial charge on any atom is -0.353 e. The van der Waals surface area contributed by atoms with Gasteiger partial charge in [0, 0.05) is 36.8 Å². The number of likely N-dealkylation sites (N-methyl/N-ethyl adjacent to an activating group) is 1. The van der Waals surface area contributed by atoms with E-state index in [9.17, 15) is 9.59 Å². The number of nitrogens with zero attached hydrogens (tertiary/aromatic N) is 3. The van der Waals surface area contributed by atoms with Gasteiger partial charge < -0.3 is 14.5 Å². The van der Waals surface area contributed by atoms with E-state index in [2.05, 4.69) is 11.9 Å². The van der Waals surface area contributed by atoms with Crippen LogP contribution in [-0.2, 0) is 9.53 Å². The molecule has 0 N–H and O–H groups in total. The summed E-state index contributed by atoms with van der Waals surface area (Å²) in [5.41, 5.74) is -0.149. The van der Waals surface area contributed by atoms with Gasteiger partial charge in [-0.15, -0.1) is 0 Å². The Hall–Kier alpha value is -1.63. The summed E-state index contributed by atoms with van der Waals surface area (Å²) in [7, 11) is 2.06. The van der Waals surface area contributed by atoms with Gasteiger partial charge in [-0.25, -0.2) is 0 Å². The van der Waals surface area contributed by atoms with Gasteiger partial charge in [0.05, 0.1) is 6.61 Å². The molecule has 0 aromatic heterocycles. The van der Waals surface area contributed by atoms with Crippen LogP contribution in [0.1, 0.15) is 42.5 Å². The fraction of sp³-hybridized carbons (Fsp3) is 0.619. The molecule has 2 amide bonds. The number of amides is 2. The van der Waals surface area contributed by atoms with Crippen molar-refractivity contribution in [1.82, 2.24) is 14.7 Å². The third-order valence-electron chi connectivity index (χ3n) is 6.29. The molecule has 2 heterocycles. The van der Waals surface area contributed by atoms with Crippen molar-refractivity contribution in [1.29, 1.82) is 0 Å². The summed E-state index contributed by atoms with van der Waals surface area (Å²) in [5, 5.41) is 0.519. The van der Waals surface area contributed by atoms with Gasteiger partial charge in [0.25, 0.3) is 5.91 Å². The Morgan fingerprint density at radius 3 is 2.50 bits per heavy atom. The molecule has 3 fully saturated rings. The lowest BCUT2D eigenvalue weighted by molar-refractivity contribution is -0.138. The standard InChI is InChI=1S/C21H28ClN3O3/c1-23-10-12-24(13-11-23)20(27)18-15-28-21(8-3-2-4-9-21)25(18)19(26)16-6-5-7-17(22)14-16/h5-7,14,18H,2-4,8-13,15H2,1H3/t18-/m1/s1. The monoisotopic (exact) mass is 405 g/mol. The molecule has 7 heteroatoms. The lowest BCUT2D eigenvalue weighted by Gasteiger charge is -2.42. The molecule has 1 aromatic carbocycles. The smallest absolute Gasteiger partial charge is 0.256 e. The largest absolute Gasteiger partial charge is 0.353 e. The van der Waals surface area contributed by atoms with E-state index in [4.69, 9.17) is 16.3 Å². The maximum absolute atomic E-state index is 13.5. The van der Waals surface area contributed by atoms with Crippen LogP contribution >= 0.6 is 11.6 Å². The zero-order valence-corrected chi connectivity index (χ0v) is 17.2. The molecule has 1 spiro atoms. The van der Waals surface area contributed by atoms with Gasteiger partial charge in [0.1, 0.15) is 11.8 Å². The molecule has 1 aliphatic carbocycles. The summed E-state index contributed by atoms with van der Waals surface area (Å²) >= 11 is 6.13. The van der Waals surface area contributed by atoms with Gasteiger partial charge in [-0.3, -0.25) is 14.5 Å². The van der Waals surface area contributed by atoms with E-state index < -0.39 is 11.8 Å². The van der Waals surface area contributed by atoms with E-state index in [1.54, 1.807) is 29.2 Å². The van der Waals surface area contributed by atoms with Crippen molar-refractivity contribution in [2.75, 3.05) is 39.8 Å². The van der Waals surface area contributed by atoms with Crippen molar-refractivity contribution in [2.24, 2.45) is 0 Å². The van der Waals surface area contributed by atoms with Crippen LogP contribution in [0.3, 0.4) is 0 Å². The minimum atomic E-state index is -0.662.